The summed E-state index contributed by atoms with van der Waals surface area (Å²) in [5.74, 6) is 0.988. The van der Waals surface area contributed by atoms with Gasteiger partial charge in [0.25, 0.3) is 0 Å². The van der Waals surface area contributed by atoms with Gasteiger partial charge in [-0.3, -0.25) is 4.79 Å². The largest absolute Gasteiger partial charge is 0.493 e. The fraction of sp³-hybridized carbons (Fsp3) is 0.462. The highest BCUT2D eigenvalue weighted by molar-refractivity contribution is 5.97. The second-order valence-electron chi connectivity index (χ2n) is 4.86. The van der Waals surface area contributed by atoms with E-state index in [0.717, 1.165) is 37.3 Å². The Morgan fingerprint density at radius 3 is 3.00 bits per heavy atom. The van der Waals surface area contributed by atoms with E-state index in [1.165, 1.54) is 5.56 Å². The van der Waals surface area contributed by atoms with E-state index in [0.29, 0.717) is 6.54 Å². The molecule has 0 unspecified atom stereocenters. The molecule has 1 aromatic rings. The Morgan fingerprint density at radius 1 is 1.47 bits per heavy atom. The third-order valence-electron chi connectivity index (χ3n) is 3.67. The van der Waals surface area contributed by atoms with E-state index in [9.17, 15) is 4.79 Å². The van der Waals surface area contributed by atoms with Crippen LogP contribution in [0, 0.1) is 5.41 Å². The average Bonchev–Trinajstić information content (AvgIpc) is 3.01. The summed E-state index contributed by atoms with van der Waals surface area (Å²) in [6.07, 6.45) is 2.73. The second-order valence-corrected chi connectivity index (χ2v) is 4.86. The van der Waals surface area contributed by atoms with Crippen molar-refractivity contribution in [1.29, 1.82) is 0 Å². The van der Waals surface area contributed by atoms with Crippen molar-refractivity contribution >= 4 is 11.6 Å². The first kappa shape index (κ1) is 10.6. The van der Waals surface area contributed by atoms with Gasteiger partial charge in [-0.1, -0.05) is 0 Å². The van der Waals surface area contributed by atoms with E-state index in [4.69, 9.17) is 10.5 Å². The number of hydrogen-bond acceptors (Lipinski definition) is 3. The van der Waals surface area contributed by atoms with Crippen LogP contribution in [0.4, 0.5) is 5.69 Å². The highest BCUT2D eigenvalue weighted by atomic mass is 16.5. The van der Waals surface area contributed by atoms with Gasteiger partial charge >= 0.3 is 0 Å². The minimum Gasteiger partial charge on any atom is -0.493 e. The van der Waals surface area contributed by atoms with Crippen LogP contribution in [0.25, 0.3) is 0 Å². The topological polar surface area (TPSA) is 64.4 Å². The summed E-state index contributed by atoms with van der Waals surface area (Å²) in [5.41, 5.74) is 7.35. The lowest BCUT2D eigenvalue weighted by molar-refractivity contribution is -0.120. The van der Waals surface area contributed by atoms with E-state index in [2.05, 4.69) is 5.32 Å². The molecule has 3 rings (SSSR count). The Kier molecular flexibility index (Phi) is 2.33. The van der Waals surface area contributed by atoms with Crippen LogP contribution < -0.4 is 15.8 Å². The minimum absolute atomic E-state index is 0.0545. The molecule has 1 fully saturated rings. The van der Waals surface area contributed by atoms with Crippen molar-refractivity contribution in [2.24, 2.45) is 11.1 Å². The molecule has 0 atom stereocenters. The third-order valence-corrected chi connectivity index (χ3v) is 3.67. The molecular formula is C13H16N2O2. The summed E-state index contributed by atoms with van der Waals surface area (Å²) >= 11 is 0. The van der Waals surface area contributed by atoms with Gasteiger partial charge in [0.2, 0.25) is 5.91 Å². The first-order chi connectivity index (χ1) is 8.23. The molecule has 0 spiro atoms. The highest BCUT2D eigenvalue weighted by Gasteiger charge is 2.48. The van der Waals surface area contributed by atoms with Crippen molar-refractivity contribution in [2.45, 2.75) is 19.3 Å². The maximum absolute atomic E-state index is 12.0. The molecule has 4 heteroatoms. The maximum atomic E-state index is 12.0. The summed E-state index contributed by atoms with van der Waals surface area (Å²) in [6.45, 7) is 1.17. The lowest BCUT2D eigenvalue weighted by Crippen LogP contribution is -2.30. The molecule has 4 nitrogen and oxygen atoms in total. The quantitative estimate of drug-likeness (QED) is 0.825. The molecule has 3 N–H and O–H groups in total. The van der Waals surface area contributed by atoms with Crippen LogP contribution >= 0.6 is 0 Å². The van der Waals surface area contributed by atoms with E-state index >= 15 is 0 Å². The first-order valence-corrected chi connectivity index (χ1v) is 6.01. The molecule has 90 valence electrons. The number of carbonyl (C=O) groups excluding carboxylic acids is 1. The van der Waals surface area contributed by atoms with Crippen LogP contribution in [-0.4, -0.2) is 19.1 Å². The number of nitrogens with two attached hydrogens (primary N) is 1. The Balaban J connectivity index is 1.75. The third kappa shape index (κ3) is 1.78. The van der Waals surface area contributed by atoms with Gasteiger partial charge < -0.3 is 15.8 Å². The monoisotopic (exact) mass is 232 g/mol. The number of anilines is 1. The SMILES string of the molecule is NCC1(C(=O)Nc2ccc3c(c2)CCO3)CC1. The number of hydrogen-bond donors (Lipinski definition) is 2. The van der Waals surface area contributed by atoms with Crippen molar-refractivity contribution in [2.75, 3.05) is 18.5 Å². The predicted octanol–water partition coefficient (Wildman–Crippen LogP) is 1.30. The number of fused-ring (bicyclic) bond motifs is 1. The van der Waals surface area contributed by atoms with Crippen LogP contribution in [0.3, 0.4) is 0 Å². The van der Waals surface area contributed by atoms with Gasteiger partial charge in [-0.25, -0.2) is 0 Å². The van der Waals surface area contributed by atoms with E-state index < -0.39 is 0 Å². The molecule has 1 aliphatic heterocycles. The van der Waals surface area contributed by atoms with Crippen LogP contribution in [0.2, 0.25) is 0 Å². The summed E-state index contributed by atoms with van der Waals surface area (Å²) < 4.78 is 5.43. The molecule has 1 saturated carbocycles. The summed E-state index contributed by atoms with van der Waals surface area (Å²) in [4.78, 5) is 12.0. The smallest absolute Gasteiger partial charge is 0.231 e. The molecule has 0 saturated heterocycles. The van der Waals surface area contributed by atoms with Gasteiger partial charge in [-0.2, -0.15) is 0 Å². The first-order valence-electron chi connectivity index (χ1n) is 6.01. The molecule has 1 heterocycles. The Bertz CT molecular complexity index is 466. The molecule has 0 aromatic heterocycles. The van der Waals surface area contributed by atoms with Crippen molar-refractivity contribution in [3.05, 3.63) is 23.8 Å². The number of benzene rings is 1. The number of nitrogens with one attached hydrogen (secondary N) is 1. The normalized spacial score (nSPS) is 19.4. The average molecular weight is 232 g/mol. The van der Waals surface area contributed by atoms with Crippen LogP contribution in [-0.2, 0) is 11.2 Å². The highest BCUT2D eigenvalue weighted by Crippen LogP contribution is 2.45. The summed E-state index contributed by atoms with van der Waals surface area (Å²) in [6, 6.07) is 5.79. The maximum Gasteiger partial charge on any atom is 0.231 e. The number of carbonyl (C=O) groups is 1. The van der Waals surface area contributed by atoms with Crippen molar-refractivity contribution in [3.8, 4) is 5.75 Å². The van der Waals surface area contributed by atoms with Crippen LogP contribution in [0.15, 0.2) is 18.2 Å². The van der Waals surface area contributed by atoms with Crippen LogP contribution in [0.1, 0.15) is 18.4 Å². The zero-order chi connectivity index (χ0) is 11.9. The van der Waals surface area contributed by atoms with Gasteiger partial charge in [-0.05, 0) is 36.6 Å². The zero-order valence-corrected chi connectivity index (χ0v) is 9.66. The Morgan fingerprint density at radius 2 is 2.29 bits per heavy atom. The zero-order valence-electron chi connectivity index (χ0n) is 9.66. The molecule has 0 bridgehead atoms. The number of rotatable bonds is 3. The lowest BCUT2D eigenvalue weighted by atomic mass is 10.1. The molecule has 17 heavy (non-hydrogen) atoms. The van der Waals surface area contributed by atoms with E-state index in [1.807, 2.05) is 18.2 Å². The molecule has 1 amide bonds. The molecule has 2 aliphatic rings. The standard InChI is InChI=1S/C13H16N2O2/c14-8-13(4-5-13)12(16)15-10-1-2-11-9(7-10)3-6-17-11/h1-2,7H,3-6,8,14H2,(H,15,16). The van der Waals surface area contributed by atoms with Crippen LogP contribution in [0.5, 0.6) is 5.75 Å². The second kappa shape index (κ2) is 3.74. The number of amides is 1. The van der Waals surface area contributed by atoms with Crippen molar-refractivity contribution in [3.63, 3.8) is 0 Å². The number of ether oxygens (including phenoxy) is 1. The van der Waals surface area contributed by atoms with E-state index in [1.54, 1.807) is 0 Å². The molecule has 1 aromatic carbocycles. The van der Waals surface area contributed by atoms with Crippen molar-refractivity contribution in [1.82, 2.24) is 0 Å². The van der Waals surface area contributed by atoms with Gasteiger partial charge in [0.05, 0.1) is 12.0 Å². The van der Waals surface area contributed by atoms with Gasteiger partial charge in [0, 0.05) is 18.7 Å². The fourth-order valence-corrected chi connectivity index (χ4v) is 2.20. The molecule has 1 aliphatic carbocycles. The lowest BCUT2D eigenvalue weighted by Gasteiger charge is -2.13. The molecule has 0 radical (unpaired) electrons. The summed E-state index contributed by atoms with van der Waals surface area (Å²) in [5, 5.41) is 2.95. The Labute approximate surface area is 100 Å². The Hall–Kier alpha value is -1.55. The van der Waals surface area contributed by atoms with Crippen molar-refractivity contribution < 1.29 is 9.53 Å². The molecular weight excluding hydrogens is 216 g/mol. The van der Waals surface area contributed by atoms with Gasteiger partial charge in [-0.15, -0.1) is 0 Å². The summed E-state index contributed by atoms with van der Waals surface area (Å²) in [7, 11) is 0. The predicted molar refractivity (Wildman–Crippen MR) is 65.0 cm³/mol. The van der Waals surface area contributed by atoms with Gasteiger partial charge in [0.15, 0.2) is 0 Å². The van der Waals surface area contributed by atoms with Gasteiger partial charge in [0.1, 0.15) is 5.75 Å². The minimum atomic E-state index is -0.296. The van der Waals surface area contributed by atoms with E-state index in [-0.39, 0.29) is 11.3 Å². The fourth-order valence-electron chi connectivity index (χ4n) is 2.20.